The molecule has 0 aromatic carbocycles. The highest BCUT2D eigenvalue weighted by atomic mass is 16.5. The molecular weight excluding hydrogens is 380 g/mol. The van der Waals surface area contributed by atoms with Crippen LogP contribution in [0.15, 0.2) is 29.2 Å². The molecule has 158 valence electrons. The van der Waals surface area contributed by atoms with Crippen molar-refractivity contribution in [3.05, 3.63) is 51.6 Å². The first kappa shape index (κ1) is 19.2. The van der Waals surface area contributed by atoms with E-state index >= 15 is 0 Å². The maximum absolute atomic E-state index is 12.9. The lowest BCUT2D eigenvalue weighted by molar-refractivity contribution is -0.133. The van der Waals surface area contributed by atoms with Gasteiger partial charge in [0.2, 0.25) is 11.8 Å². The van der Waals surface area contributed by atoms with E-state index in [0.717, 1.165) is 42.2 Å². The minimum atomic E-state index is -0.00647. The van der Waals surface area contributed by atoms with Gasteiger partial charge in [-0.1, -0.05) is 0 Å². The van der Waals surface area contributed by atoms with Crippen LogP contribution in [0, 0.1) is 18.8 Å². The van der Waals surface area contributed by atoms with Gasteiger partial charge in [-0.05, 0) is 42.9 Å². The van der Waals surface area contributed by atoms with E-state index in [2.05, 4.69) is 9.88 Å². The van der Waals surface area contributed by atoms with Crippen LogP contribution in [-0.4, -0.2) is 40.1 Å². The number of aromatic nitrogens is 2. The number of ether oxygens (including phenoxy) is 1. The van der Waals surface area contributed by atoms with Gasteiger partial charge in [0, 0.05) is 68.7 Å². The lowest BCUT2D eigenvalue weighted by Gasteiger charge is -2.41. The van der Waals surface area contributed by atoms with E-state index in [-0.39, 0.29) is 11.5 Å². The van der Waals surface area contributed by atoms with Crippen LogP contribution in [-0.2, 0) is 24.9 Å². The predicted octanol–water partition coefficient (Wildman–Crippen LogP) is 2.25. The summed E-state index contributed by atoms with van der Waals surface area (Å²) < 4.78 is 7.46. The molecule has 2 fully saturated rings. The maximum Gasteiger partial charge on any atom is 0.250 e. The lowest BCUT2D eigenvalue weighted by atomic mass is 9.95. The third-order valence-electron chi connectivity index (χ3n) is 6.61. The average Bonchev–Trinajstić information content (AvgIpc) is 3.42. The molecule has 30 heavy (non-hydrogen) atoms. The first-order valence-corrected chi connectivity index (χ1v) is 10.8. The summed E-state index contributed by atoms with van der Waals surface area (Å²) in [7, 11) is 1.79. The highest BCUT2D eigenvalue weighted by Gasteiger charge is 2.33. The van der Waals surface area contributed by atoms with E-state index in [4.69, 9.17) is 4.74 Å². The Morgan fingerprint density at radius 3 is 2.77 bits per heavy atom. The second kappa shape index (κ2) is 7.45. The number of pyridine rings is 2. The van der Waals surface area contributed by atoms with E-state index in [1.807, 2.05) is 24.0 Å². The summed E-state index contributed by atoms with van der Waals surface area (Å²) in [4.78, 5) is 33.4. The predicted molar refractivity (Wildman–Crippen MR) is 113 cm³/mol. The molecule has 0 bridgehead atoms. The zero-order chi connectivity index (χ0) is 20.8. The topological polar surface area (TPSA) is 67.7 Å². The maximum atomic E-state index is 12.9. The second-order valence-electron chi connectivity index (χ2n) is 8.98. The van der Waals surface area contributed by atoms with Crippen molar-refractivity contribution in [1.29, 1.82) is 0 Å². The first-order valence-electron chi connectivity index (χ1n) is 10.8. The zero-order valence-corrected chi connectivity index (χ0v) is 17.6. The molecule has 1 amide bonds. The molecule has 7 nitrogen and oxygen atoms in total. The van der Waals surface area contributed by atoms with Crippen LogP contribution in [0.25, 0.3) is 0 Å². The third kappa shape index (κ3) is 3.68. The molecule has 2 aromatic rings. The molecule has 1 saturated heterocycles. The van der Waals surface area contributed by atoms with Crippen molar-refractivity contribution < 1.29 is 9.53 Å². The standard InChI is InChI=1S/C23H28N4O3/c1-15-7-22(28)25(2)20-13-27(12-19(15)20)23(29)8-17-10-26(11-17)18-5-6-24-21(9-18)30-14-16-3-4-16/h5-7,9,16-17H,3-4,8,10-14H2,1-2H3. The Morgan fingerprint density at radius 2 is 2.00 bits per heavy atom. The van der Waals surface area contributed by atoms with Crippen LogP contribution in [0.3, 0.4) is 0 Å². The second-order valence-corrected chi connectivity index (χ2v) is 8.98. The summed E-state index contributed by atoms with van der Waals surface area (Å²) in [6.45, 7) is 5.60. The fourth-order valence-corrected chi connectivity index (χ4v) is 4.40. The van der Waals surface area contributed by atoms with E-state index in [0.29, 0.717) is 37.2 Å². The molecule has 2 aromatic heterocycles. The van der Waals surface area contributed by atoms with Gasteiger partial charge in [-0.3, -0.25) is 9.59 Å². The number of aryl methyl sites for hydroxylation is 1. The molecule has 5 rings (SSSR count). The summed E-state index contributed by atoms with van der Waals surface area (Å²) in [5, 5.41) is 0. The Kier molecular flexibility index (Phi) is 4.76. The number of anilines is 1. The third-order valence-corrected chi connectivity index (χ3v) is 6.61. The Bertz CT molecular complexity index is 1040. The molecular formula is C23H28N4O3. The van der Waals surface area contributed by atoms with E-state index in [9.17, 15) is 9.59 Å². The Balaban J connectivity index is 1.15. The van der Waals surface area contributed by atoms with Gasteiger partial charge in [-0.15, -0.1) is 0 Å². The van der Waals surface area contributed by atoms with Crippen LogP contribution in [0.4, 0.5) is 5.69 Å². The SMILES string of the molecule is Cc1cc(=O)n(C)c2c1CN(C(=O)CC1CN(c3ccnc(OCC4CC4)c3)C1)C2. The summed E-state index contributed by atoms with van der Waals surface area (Å²) in [6.07, 6.45) is 4.87. The molecule has 7 heteroatoms. The van der Waals surface area contributed by atoms with Gasteiger partial charge in [0.05, 0.1) is 13.2 Å². The number of hydrogen-bond acceptors (Lipinski definition) is 5. The van der Waals surface area contributed by atoms with E-state index in [1.165, 1.54) is 12.8 Å². The highest BCUT2D eigenvalue weighted by molar-refractivity contribution is 5.77. The summed E-state index contributed by atoms with van der Waals surface area (Å²) in [6, 6.07) is 5.66. The van der Waals surface area contributed by atoms with Crippen molar-refractivity contribution in [3.8, 4) is 5.88 Å². The number of nitrogens with zero attached hydrogens (tertiary/aromatic N) is 4. The quantitative estimate of drug-likeness (QED) is 0.733. The molecule has 1 saturated carbocycles. The zero-order valence-electron chi connectivity index (χ0n) is 17.6. The number of amides is 1. The van der Waals surface area contributed by atoms with Crippen molar-refractivity contribution >= 4 is 11.6 Å². The number of fused-ring (bicyclic) bond motifs is 1. The van der Waals surface area contributed by atoms with Crippen LogP contribution in [0.2, 0.25) is 0 Å². The summed E-state index contributed by atoms with van der Waals surface area (Å²) >= 11 is 0. The molecule has 0 N–H and O–H groups in total. The normalized spacial score (nSPS) is 18.3. The van der Waals surface area contributed by atoms with E-state index in [1.54, 1.807) is 23.9 Å². The fourth-order valence-electron chi connectivity index (χ4n) is 4.40. The molecule has 2 aliphatic heterocycles. The minimum absolute atomic E-state index is 0.00647. The van der Waals surface area contributed by atoms with Gasteiger partial charge >= 0.3 is 0 Å². The highest BCUT2D eigenvalue weighted by Crippen LogP contribution is 2.32. The number of carbonyl (C=O) groups is 1. The van der Waals surface area contributed by atoms with E-state index < -0.39 is 0 Å². The fraction of sp³-hybridized carbons (Fsp3) is 0.522. The van der Waals surface area contributed by atoms with Crippen molar-refractivity contribution in [1.82, 2.24) is 14.5 Å². The smallest absolute Gasteiger partial charge is 0.250 e. The van der Waals surface area contributed by atoms with Crippen molar-refractivity contribution in [3.63, 3.8) is 0 Å². The minimum Gasteiger partial charge on any atom is -0.477 e. The number of rotatable bonds is 6. The lowest BCUT2D eigenvalue weighted by Crippen LogP contribution is -2.48. The Hall–Kier alpha value is -2.83. The molecule has 0 spiro atoms. The summed E-state index contributed by atoms with van der Waals surface area (Å²) in [5.74, 6) is 1.92. The van der Waals surface area contributed by atoms with Gasteiger partial charge in [-0.25, -0.2) is 4.98 Å². The van der Waals surface area contributed by atoms with Gasteiger partial charge in [0.1, 0.15) is 0 Å². The molecule has 1 aliphatic carbocycles. The monoisotopic (exact) mass is 408 g/mol. The van der Waals surface area contributed by atoms with Crippen LogP contribution >= 0.6 is 0 Å². The average molecular weight is 409 g/mol. The van der Waals surface area contributed by atoms with Crippen molar-refractivity contribution in [2.24, 2.45) is 18.9 Å². The van der Waals surface area contributed by atoms with Crippen LogP contribution < -0.4 is 15.2 Å². The molecule has 0 radical (unpaired) electrons. The number of carbonyl (C=O) groups excluding carboxylic acids is 1. The molecule has 0 atom stereocenters. The van der Waals surface area contributed by atoms with Crippen LogP contribution in [0.5, 0.6) is 5.88 Å². The van der Waals surface area contributed by atoms with Gasteiger partial charge in [-0.2, -0.15) is 0 Å². The first-order chi connectivity index (χ1) is 14.5. The van der Waals surface area contributed by atoms with Crippen LogP contribution in [0.1, 0.15) is 36.1 Å². The Morgan fingerprint density at radius 1 is 1.20 bits per heavy atom. The van der Waals surface area contributed by atoms with Crippen molar-refractivity contribution in [2.75, 3.05) is 24.6 Å². The number of hydrogen-bond donors (Lipinski definition) is 0. The molecule has 4 heterocycles. The summed E-state index contributed by atoms with van der Waals surface area (Å²) in [5.41, 5.74) is 4.18. The Labute approximate surface area is 176 Å². The van der Waals surface area contributed by atoms with Gasteiger partial charge in [0.25, 0.3) is 5.56 Å². The van der Waals surface area contributed by atoms with Crippen molar-refractivity contribution in [2.45, 2.75) is 39.3 Å². The molecule has 3 aliphatic rings. The largest absolute Gasteiger partial charge is 0.477 e. The van der Waals surface area contributed by atoms with Gasteiger partial charge in [0.15, 0.2) is 0 Å². The van der Waals surface area contributed by atoms with Gasteiger partial charge < -0.3 is 19.1 Å². The molecule has 0 unspecified atom stereocenters.